The van der Waals surface area contributed by atoms with Gasteiger partial charge in [0.25, 0.3) is 0 Å². The highest BCUT2D eigenvalue weighted by Crippen LogP contribution is 2.49. The average molecular weight is 222 g/mol. The Morgan fingerprint density at radius 3 is 2.44 bits per heavy atom. The molecule has 2 aliphatic rings. The van der Waals surface area contributed by atoms with E-state index in [1.54, 1.807) is 0 Å². The van der Waals surface area contributed by atoms with Crippen LogP contribution in [0.4, 0.5) is 6.01 Å². The van der Waals surface area contributed by atoms with E-state index in [1.807, 2.05) is 0 Å². The maximum absolute atomic E-state index is 5.41. The molecule has 1 heterocycles. The molecule has 0 aromatic carbocycles. The standard InChI is InChI=1S/C11H18N4O/c12-5-10-14-15-11(16-10)13-6-9(7-1-2-7)8-3-4-8/h7-9H,1-6,12H2,(H,13,15). The number of hydrogen-bond acceptors (Lipinski definition) is 5. The fourth-order valence-corrected chi connectivity index (χ4v) is 2.38. The van der Waals surface area contributed by atoms with Crippen molar-refractivity contribution in [2.75, 3.05) is 11.9 Å². The van der Waals surface area contributed by atoms with Crippen molar-refractivity contribution in [1.29, 1.82) is 0 Å². The third-order valence-corrected chi connectivity index (χ3v) is 3.59. The Kier molecular flexibility index (Phi) is 2.55. The Labute approximate surface area is 94.8 Å². The van der Waals surface area contributed by atoms with Crippen LogP contribution in [0.2, 0.25) is 0 Å². The molecule has 2 saturated carbocycles. The highest BCUT2D eigenvalue weighted by molar-refractivity contribution is 5.17. The molecular formula is C11H18N4O. The highest BCUT2D eigenvalue weighted by Gasteiger charge is 2.41. The van der Waals surface area contributed by atoms with Crippen LogP contribution in [0.15, 0.2) is 4.42 Å². The Balaban J connectivity index is 1.53. The largest absolute Gasteiger partial charge is 0.407 e. The van der Waals surface area contributed by atoms with Gasteiger partial charge in [0.1, 0.15) is 0 Å². The third-order valence-electron chi connectivity index (χ3n) is 3.59. The minimum Gasteiger partial charge on any atom is -0.407 e. The maximum atomic E-state index is 5.41. The van der Waals surface area contributed by atoms with E-state index in [0.717, 1.165) is 24.3 Å². The summed E-state index contributed by atoms with van der Waals surface area (Å²) in [6.07, 6.45) is 5.61. The number of nitrogens with one attached hydrogen (secondary N) is 1. The Morgan fingerprint density at radius 1 is 1.25 bits per heavy atom. The first-order valence-electron chi connectivity index (χ1n) is 6.13. The lowest BCUT2D eigenvalue weighted by Gasteiger charge is -2.14. The van der Waals surface area contributed by atoms with Crippen LogP contribution in [0.5, 0.6) is 0 Å². The predicted molar refractivity (Wildman–Crippen MR) is 59.6 cm³/mol. The second kappa shape index (κ2) is 4.05. The average Bonchev–Trinajstić information content (AvgIpc) is 3.20. The van der Waals surface area contributed by atoms with Gasteiger partial charge in [-0.2, -0.15) is 0 Å². The van der Waals surface area contributed by atoms with E-state index in [9.17, 15) is 0 Å². The molecule has 5 nitrogen and oxygen atoms in total. The number of hydrogen-bond donors (Lipinski definition) is 2. The SMILES string of the molecule is NCc1nnc(NCC(C2CC2)C2CC2)o1. The smallest absolute Gasteiger partial charge is 0.315 e. The van der Waals surface area contributed by atoms with Crippen molar-refractivity contribution in [3.8, 4) is 0 Å². The summed E-state index contributed by atoms with van der Waals surface area (Å²) in [4.78, 5) is 0. The Morgan fingerprint density at radius 2 is 1.94 bits per heavy atom. The molecule has 0 amide bonds. The molecule has 0 bridgehead atoms. The molecule has 1 aromatic rings. The second-order valence-corrected chi connectivity index (χ2v) is 4.92. The van der Waals surface area contributed by atoms with E-state index in [0.29, 0.717) is 18.5 Å². The van der Waals surface area contributed by atoms with Gasteiger partial charge in [0, 0.05) is 6.54 Å². The van der Waals surface area contributed by atoms with Crippen LogP contribution in [-0.4, -0.2) is 16.7 Å². The van der Waals surface area contributed by atoms with Gasteiger partial charge in [-0.05, 0) is 43.4 Å². The normalized spacial score (nSPS) is 20.4. The summed E-state index contributed by atoms with van der Waals surface area (Å²) in [5, 5.41) is 11.0. The predicted octanol–water partition coefficient (Wildman–Crippen LogP) is 1.38. The molecule has 5 heteroatoms. The summed E-state index contributed by atoms with van der Waals surface area (Å²) in [5.74, 6) is 3.19. The van der Waals surface area contributed by atoms with Gasteiger partial charge in [0.2, 0.25) is 5.89 Å². The van der Waals surface area contributed by atoms with E-state index in [4.69, 9.17) is 10.2 Å². The zero-order chi connectivity index (χ0) is 11.0. The number of anilines is 1. The molecule has 0 saturated heterocycles. The van der Waals surface area contributed by atoms with Crippen molar-refractivity contribution in [2.24, 2.45) is 23.5 Å². The molecule has 88 valence electrons. The zero-order valence-electron chi connectivity index (χ0n) is 9.35. The molecule has 3 rings (SSSR count). The van der Waals surface area contributed by atoms with Crippen molar-refractivity contribution < 1.29 is 4.42 Å². The van der Waals surface area contributed by atoms with Gasteiger partial charge in [0.05, 0.1) is 6.54 Å². The molecule has 2 fully saturated rings. The zero-order valence-corrected chi connectivity index (χ0v) is 9.35. The van der Waals surface area contributed by atoms with Crippen LogP contribution in [-0.2, 0) is 6.54 Å². The van der Waals surface area contributed by atoms with Crippen LogP contribution in [0.1, 0.15) is 31.6 Å². The van der Waals surface area contributed by atoms with Gasteiger partial charge in [0.15, 0.2) is 0 Å². The fraction of sp³-hybridized carbons (Fsp3) is 0.818. The lowest BCUT2D eigenvalue weighted by molar-refractivity contribution is 0.419. The van der Waals surface area contributed by atoms with Crippen molar-refractivity contribution >= 4 is 6.01 Å². The van der Waals surface area contributed by atoms with Gasteiger partial charge in [-0.25, -0.2) is 0 Å². The first-order chi connectivity index (χ1) is 7.86. The van der Waals surface area contributed by atoms with E-state index in [1.165, 1.54) is 25.7 Å². The number of rotatable bonds is 6. The lowest BCUT2D eigenvalue weighted by atomic mass is 9.98. The van der Waals surface area contributed by atoms with E-state index in [2.05, 4.69) is 15.5 Å². The van der Waals surface area contributed by atoms with Crippen LogP contribution >= 0.6 is 0 Å². The first kappa shape index (κ1) is 10.1. The van der Waals surface area contributed by atoms with E-state index in [-0.39, 0.29) is 0 Å². The van der Waals surface area contributed by atoms with Crippen LogP contribution < -0.4 is 11.1 Å². The van der Waals surface area contributed by atoms with Gasteiger partial charge in [-0.1, -0.05) is 5.10 Å². The van der Waals surface area contributed by atoms with Crippen molar-refractivity contribution in [2.45, 2.75) is 32.2 Å². The Bertz CT molecular complexity index is 345. The highest BCUT2D eigenvalue weighted by atomic mass is 16.4. The molecule has 0 spiro atoms. The minimum absolute atomic E-state index is 0.309. The van der Waals surface area contributed by atoms with Crippen LogP contribution in [0.25, 0.3) is 0 Å². The summed E-state index contributed by atoms with van der Waals surface area (Å²) in [7, 11) is 0. The number of aromatic nitrogens is 2. The van der Waals surface area contributed by atoms with Crippen LogP contribution in [0, 0.1) is 17.8 Å². The van der Waals surface area contributed by atoms with Crippen LogP contribution in [0.3, 0.4) is 0 Å². The lowest BCUT2D eigenvalue weighted by Crippen LogP contribution is -2.18. The maximum Gasteiger partial charge on any atom is 0.315 e. The Hall–Kier alpha value is -1.10. The van der Waals surface area contributed by atoms with Gasteiger partial charge >= 0.3 is 6.01 Å². The molecule has 2 aliphatic carbocycles. The summed E-state index contributed by atoms with van der Waals surface area (Å²) < 4.78 is 5.33. The quantitative estimate of drug-likeness (QED) is 0.760. The van der Waals surface area contributed by atoms with Crippen molar-refractivity contribution in [1.82, 2.24) is 10.2 Å². The molecular weight excluding hydrogens is 204 g/mol. The molecule has 0 radical (unpaired) electrons. The number of nitrogens with zero attached hydrogens (tertiary/aromatic N) is 2. The summed E-state index contributed by atoms with van der Waals surface area (Å²) in [6, 6.07) is 0.520. The summed E-state index contributed by atoms with van der Waals surface area (Å²) >= 11 is 0. The van der Waals surface area contributed by atoms with Crippen molar-refractivity contribution in [3.05, 3.63) is 5.89 Å². The topological polar surface area (TPSA) is 77.0 Å². The summed E-state index contributed by atoms with van der Waals surface area (Å²) in [6.45, 7) is 1.28. The monoisotopic (exact) mass is 222 g/mol. The second-order valence-electron chi connectivity index (χ2n) is 4.92. The van der Waals surface area contributed by atoms with Crippen molar-refractivity contribution in [3.63, 3.8) is 0 Å². The molecule has 3 N–H and O–H groups in total. The molecule has 0 atom stereocenters. The van der Waals surface area contributed by atoms with Gasteiger partial charge < -0.3 is 15.5 Å². The molecule has 16 heavy (non-hydrogen) atoms. The minimum atomic E-state index is 0.309. The molecule has 0 unspecified atom stereocenters. The summed E-state index contributed by atoms with van der Waals surface area (Å²) in [5.41, 5.74) is 5.41. The first-order valence-corrected chi connectivity index (χ1v) is 6.13. The van der Waals surface area contributed by atoms with Gasteiger partial charge in [-0.15, -0.1) is 5.10 Å². The molecule has 0 aliphatic heterocycles. The molecule has 1 aromatic heterocycles. The van der Waals surface area contributed by atoms with E-state index >= 15 is 0 Å². The van der Waals surface area contributed by atoms with E-state index < -0.39 is 0 Å². The number of nitrogens with two attached hydrogens (primary N) is 1. The third kappa shape index (κ3) is 2.19. The fourth-order valence-electron chi connectivity index (χ4n) is 2.38. The van der Waals surface area contributed by atoms with Gasteiger partial charge in [-0.3, -0.25) is 0 Å².